The molecule has 0 saturated carbocycles. The lowest BCUT2D eigenvalue weighted by atomic mass is 10.0. The Bertz CT molecular complexity index is 379. The van der Waals surface area contributed by atoms with E-state index in [9.17, 15) is 0 Å². The Hall–Kier alpha value is -1.13. The summed E-state index contributed by atoms with van der Waals surface area (Å²) in [5.41, 5.74) is 4.56. The molecule has 1 saturated heterocycles. The number of hydrazine groups is 1. The Morgan fingerprint density at radius 1 is 1.31 bits per heavy atom. The third-order valence-electron chi connectivity index (χ3n) is 2.86. The average molecular weight is 235 g/mol. The topological polar surface area (TPSA) is 27.3 Å². The minimum atomic E-state index is -0.123. The summed E-state index contributed by atoms with van der Waals surface area (Å²) >= 11 is 5.17. The van der Waals surface area contributed by atoms with Crippen molar-refractivity contribution in [1.82, 2.24) is 15.8 Å². The second-order valence-electron chi connectivity index (χ2n) is 4.42. The number of nitrogens with zero attached hydrogens (tertiary/aromatic N) is 1. The molecule has 1 aliphatic rings. The van der Waals surface area contributed by atoms with Gasteiger partial charge in [0.25, 0.3) is 0 Å². The van der Waals surface area contributed by atoms with E-state index in [-0.39, 0.29) is 5.66 Å². The molecule has 0 bridgehead atoms. The number of thiocarbonyl (C=S) groups is 1. The van der Waals surface area contributed by atoms with Crippen LogP contribution in [0.25, 0.3) is 0 Å². The number of hydrogen-bond donors (Lipinski definition) is 2. The Balaban J connectivity index is 1.94. The molecule has 2 N–H and O–H groups in total. The Kier molecular flexibility index (Phi) is 3.12. The molecular formula is C12H17N3S. The molecule has 0 spiro atoms. The van der Waals surface area contributed by atoms with E-state index >= 15 is 0 Å². The van der Waals surface area contributed by atoms with Crippen molar-refractivity contribution in [1.29, 1.82) is 0 Å². The van der Waals surface area contributed by atoms with E-state index in [1.54, 1.807) is 0 Å². The summed E-state index contributed by atoms with van der Waals surface area (Å²) in [6, 6.07) is 10.5. The first-order chi connectivity index (χ1) is 7.59. The molecule has 16 heavy (non-hydrogen) atoms. The molecule has 1 aromatic carbocycles. The zero-order valence-electron chi connectivity index (χ0n) is 9.66. The van der Waals surface area contributed by atoms with Crippen LogP contribution in [0.15, 0.2) is 30.3 Å². The number of rotatable bonds is 3. The van der Waals surface area contributed by atoms with Gasteiger partial charge in [0, 0.05) is 7.05 Å². The van der Waals surface area contributed by atoms with Crippen LogP contribution in [0.3, 0.4) is 0 Å². The van der Waals surface area contributed by atoms with Gasteiger partial charge in [0.2, 0.25) is 0 Å². The zero-order valence-corrected chi connectivity index (χ0v) is 10.5. The first-order valence-electron chi connectivity index (χ1n) is 5.47. The minimum Gasteiger partial charge on any atom is -0.342 e. The van der Waals surface area contributed by atoms with Gasteiger partial charge in [-0.15, -0.1) is 0 Å². The highest BCUT2D eigenvalue weighted by atomic mass is 32.1. The average Bonchev–Trinajstić information content (AvgIpc) is 2.53. The molecule has 1 aromatic rings. The maximum atomic E-state index is 5.17. The Labute approximate surface area is 102 Å². The molecule has 0 radical (unpaired) electrons. The van der Waals surface area contributed by atoms with Crippen LogP contribution >= 0.6 is 12.2 Å². The number of hydrogen-bond acceptors (Lipinski definition) is 2. The largest absolute Gasteiger partial charge is 0.342 e. The first kappa shape index (κ1) is 11.4. The van der Waals surface area contributed by atoms with E-state index in [2.05, 4.69) is 41.9 Å². The minimum absolute atomic E-state index is 0.123. The lowest BCUT2D eigenvalue weighted by Gasteiger charge is -2.24. The van der Waals surface area contributed by atoms with Gasteiger partial charge < -0.3 is 5.32 Å². The molecule has 0 aliphatic carbocycles. The lowest BCUT2D eigenvalue weighted by Crippen LogP contribution is -2.48. The zero-order chi connectivity index (χ0) is 11.6. The summed E-state index contributed by atoms with van der Waals surface area (Å²) in [4.78, 5) is 0. The van der Waals surface area contributed by atoms with Crippen LogP contribution in [0.4, 0.5) is 0 Å². The molecule has 3 nitrogen and oxygen atoms in total. The Morgan fingerprint density at radius 2 is 2.00 bits per heavy atom. The molecule has 0 amide bonds. The monoisotopic (exact) mass is 235 g/mol. The maximum absolute atomic E-state index is 5.17. The van der Waals surface area contributed by atoms with E-state index in [0.717, 1.165) is 18.0 Å². The molecule has 1 fully saturated rings. The van der Waals surface area contributed by atoms with E-state index in [1.165, 1.54) is 5.56 Å². The van der Waals surface area contributed by atoms with Crippen molar-refractivity contribution in [2.24, 2.45) is 0 Å². The molecule has 1 atom stereocenters. The van der Waals surface area contributed by atoms with E-state index < -0.39 is 0 Å². The highest BCUT2D eigenvalue weighted by Crippen LogP contribution is 2.16. The van der Waals surface area contributed by atoms with Crippen LogP contribution in [-0.2, 0) is 6.42 Å². The normalized spacial score (nSPS) is 24.6. The summed E-state index contributed by atoms with van der Waals surface area (Å²) in [7, 11) is 1.93. The second-order valence-corrected chi connectivity index (χ2v) is 4.81. The number of aryl methyl sites for hydroxylation is 1. The van der Waals surface area contributed by atoms with Gasteiger partial charge in [0.15, 0.2) is 5.11 Å². The van der Waals surface area contributed by atoms with Crippen molar-refractivity contribution in [3.05, 3.63) is 35.9 Å². The van der Waals surface area contributed by atoms with Crippen molar-refractivity contribution in [2.45, 2.75) is 25.4 Å². The number of benzene rings is 1. The van der Waals surface area contributed by atoms with Crippen molar-refractivity contribution >= 4 is 17.3 Å². The molecule has 1 heterocycles. The van der Waals surface area contributed by atoms with Crippen LogP contribution in [0.5, 0.6) is 0 Å². The smallest absolute Gasteiger partial charge is 0.184 e. The van der Waals surface area contributed by atoms with E-state index in [4.69, 9.17) is 12.2 Å². The summed E-state index contributed by atoms with van der Waals surface area (Å²) in [5.74, 6) is 0. The van der Waals surface area contributed by atoms with E-state index in [1.807, 2.05) is 18.1 Å². The van der Waals surface area contributed by atoms with Gasteiger partial charge in [0.05, 0.1) is 0 Å². The predicted octanol–water partition coefficient (Wildman–Crippen LogP) is 1.66. The molecular weight excluding hydrogens is 218 g/mol. The molecule has 86 valence electrons. The Morgan fingerprint density at radius 3 is 2.56 bits per heavy atom. The quantitative estimate of drug-likeness (QED) is 0.779. The molecule has 0 aromatic heterocycles. The predicted molar refractivity (Wildman–Crippen MR) is 69.8 cm³/mol. The van der Waals surface area contributed by atoms with Crippen LogP contribution in [0.2, 0.25) is 0 Å². The van der Waals surface area contributed by atoms with Gasteiger partial charge in [-0.3, -0.25) is 5.01 Å². The third-order valence-corrected chi connectivity index (χ3v) is 3.23. The fraction of sp³-hybridized carbons (Fsp3) is 0.417. The SMILES string of the molecule is CN1N[C@@](C)(CCc2ccccc2)NC1=S. The van der Waals surface area contributed by atoms with Gasteiger partial charge in [-0.05, 0) is 37.5 Å². The highest BCUT2D eigenvalue weighted by molar-refractivity contribution is 7.80. The first-order valence-corrected chi connectivity index (χ1v) is 5.87. The fourth-order valence-electron chi connectivity index (χ4n) is 1.93. The standard InChI is InChI=1S/C12H17N3S/c1-12(13-11(16)15(2)14-12)9-8-10-6-4-3-5-7-10/h3-7,14H,8-9H2,1-2H3,(H,13,16)/t12-/m0/s1. The third kappa shape index (κ3) is 2.51. The fourth-order valence-corrected chi connectivity index (χ4v) is 2.20. The van der Waals surface area contributed by atoms with Crippen LogP contribution in [0.1, 0.15) is 18.9 Å². The van der Waals surface area contributed by atoms with E-state index in [0.29, 0.717) is 0 Å². The van der Waals surface area contributed by atoms with Crippen LogP contribution < -0.4 is 10.7 Å². The van der Waals surface area contributed by atoms with Gasteiger partial charge in [-0.1, -0.05) is 30.3 Å². The van der Waals surface area contributed by atoms with Gasteiger partial charge >= 0.3 is 0 Å². The van der Waals surface area contributed by atoms with Crippen molar-refractivity contribution < 1.29 is 0 Å². The van der Waals surface area contributed by atoms with Crippen LogP contribution in [-0.4, -0.2) is 22.8 Å². The molecule has 4 heteroatoms. The summed E-state index contributed by atoms with van der Waals surface area (Å²) < 4.78 is 0. The number of nitrogens with one attached hydrogen (secondary N) is 2. The van der Waals surface area contributed by atoms with Crippen LogP contribution in [0, 0.1) is 0 Å². The molecule has 0 unspecified atom stereocenters. The molecule has 2 rings (SSSR count). The maximum Gasteiger partial charge on any atom is 0.184 e. The van der Waals surface area contributed by atoms with Crippen molar-refractivity contribution in [3.63, 3.8) is 0 Å². The second kappa shape index (κ2) is 4.39. The lowest BCUT2D eigenvalue weighted by molar-refractivity contribution is 0.248. The molecule has 1 aliphatic heterocycles. The van der Waals surface area contributed by atoms with Crippen molar-refractivity contribution in [2.75, 3.05) is 7.05 Å². The highest BCUT2D eigenvalue weighted by Gasteiger charge is 2.33. The van der Waals surface area contributed by atoms with Gasteiger partial charge in [0.1, 0.15) is 5.66 Å². The summed E-state index contributed by atoms with van der Waals surface area (Å²) in [6.07, 6.45) is 2.04. The van der Waals surface area contributed by atoms with Gasteiger partial charge in [-0.25, -0.2) is 5.43 Å². The van der Waals surface area contributed by atoms with Gasteiger partial charge in [-0.2, -0.15) is 0 Å². The summed E-state index contributed by atoms with van der Waals surface area (Å²) in [6.45, 7) is 2.13. The summed E-state index contributed by atoms with van der Waals surface area (Å²) in [5, 5.41) is 5.92. The van der Waals surface area contributed by atoms with Crippen molar-refractivity contribution in [3.8, 4) is 0 Å².